The van der Waals surface area contributed by atoms with Crippen molar-refractivity contribution in [2.24, 2.45) is 10.9 Å². The molecule has 9 nitrogen and oxygen atoms in total. The van der Waals surface area contributed by atoms with Crippen molar-refractivity contribution in [3.8, 4) is 0 Å². The lowest BCUT2D eigenvalue weighted by atomic mass is 9.99. The Hall–Kier alpha value is -2.49. The van der Waals surface area contributed by atoms with Crippen molar-refractivity contribution in [1.29, 1.82) is 0 Å². The van der Waals surface area contributed by atoms with Gasteiger partial charge in [-0.3, -0.25) is 14.4 Å². The number of fused-ring (bicyclic) bond motifs is 1. The number of hydrogen-bond acceptors (Lipinski definition) is 7. The number of imide groups is 1. The van der Waals surface area contributed by atoms with Gasteiger partial charge in [0.05, 0.1) is 26.5 Å². The van der Waals surface area contributed by atoms with Gasteiger partial charge in [-0.25, -0.2) is 4.79 Å². The standard InChI is InChI=1S/C16H20N4O5S/c1-5-25-11(22)7-17-10(21)8-26-13-9(2)6-18-14-12(13)15(23)20(4)16(24)19(14)3/h6,12H,5,7-8H2,1-4H3/p+1. The molecule has 2 aliphatic heterocycles. The van der Waals surface area contributed by atoms with Crippen LogP contribution in [0.1, 0.15) is 13.8 Å². The number of carbonyl (C=O) groups excluding carboxylic acids is 4. The fraction of sp³-hybridized carbons (Fsp3) is 0.500. The first kappa shape index (κ1) is 19.8. The van der Waals surface area contributed by atoms with E-state index in [0.29, 0.717) is 10.7 Å². The van der Waals surface area contributed by atoms with Crippen LogP contribution in [0.15, 0.2) is 15.5 Å². The number of esters is 1. The minimum Gasteiger partial charge on any atom is -0.465 e. The van der Waals surface area contributed by atoms with Gasteiger partial charge >= 0.3 is 17.9 Å². The first-order chi connectivity index (χ1) is 12.3. The molecule has 140 valence electrons. The monoisotopic (exact) mass is 381 g/mol. The van der Waals surface area contributed by atoms with Crippen molar-refractivity contribution >= 4 is 47.6 Å². The van der Waals surface area contributed by atoms with Gasteiger partial charge in [0.2, 0.25) is 5.91 Å². The highest BCUT2D eigenvalue weighted by Crippen LogP contribution is 2.34. The molecule has 2 aliphatic rings. The number of rotatable bonds is 6. The highest BCUT2D eigenvalue weighted by molar-refractivity contribution is 8.03. The second-order valence-corrected chi connectivity index (χ2v) is 6.72. The second kappa shape index (κ2) is 8.26. The van der Waals surface area contributed by atoms with Crippen LogP contribution in [0.2, 0.25) is 0 Å². The summed E-state index contributed by atoms with van der Waals surface area (Å²) < 4.78 is 6.07. The molecule has 0 aromatic heterocycles. The van der Waals surface area contributed by atoms with Crippen LogP contribution in [-0.4, -0.2) is 78.3 Å². The van der Waals surface area contributed by atoms with Gasteiger partial charge in [0.25, 0.3) is 5.84 Å². The third-order valence-corrected chi connectivity index (χ3v) is 5.16. The van der Waals surface area contributed by atoms with Gasteiger partial charge in [-0.1, -0.05) is 0 Å². The summed E-state index contributed by atoms with van der Waals surface area (Å²) in [6.07, 6.45) is 1.58. The number of dihydropyridines is 1. The number of ether oxygens (including phenoxy) is 1. The molecular weight excluding hydrogens is 360 g/mol. The van der Waals surface area contributed by atoms with E-state index in [0.717, 1.165) is 10.5 Å². The van der Waals surface area contributed by atoms with Gasteiger partial charge in [-0.15, -0.1) is 16.8 Å². The molecule has 0 aromatic carbocycles. The van der Waals surface area contributed by atoms with Gasteiger partial charge in [0.1, 0.15) is 12.8 Å². The number of urea groups is 1. The van der Waals surface area contributed by atoms with Gasteiger partial charge in [0.15, 0.2) is 5.92 Å². The van der Waals surface area contributed by atoms with Crippen LogP contribution in [0.25, 0.3) is 0 Å². The smallest absolute Gasteiger partial charge is 0.445 e. The van der Waals surface area contributed by atoms with Crippen LogP contribution in [0.3, 0.4) is 0 Å². The molecule has 0 bridgehead atoms. The van der Waals surface area contributed by atoms with E-state index in [9.17, 15) is 19.2 Å². The maximum absolute atomic E-state index is 12.6. The van der Waals surface area contributed by atoms with E-state index in [1.807, 2.05) is 0 Å². The Kier molecular flexibility index (Phi) is 6.30. The Morgan fingerprint density at radius 2 is 2.12 bits per heavy atom. The van der Waals surface area contributed by atoms with E-state index < -0.39 is 17.9 Å². The number of aliphatic imine (C=N–C) groups is 1. The highest BCUT2D eigenvalue weighted by atomic mass is 32.2. The minimum atomic E-state index is -0.712. The molecule has 10 heteroatoms. The van der Waals surface area contributed by atoms with Crippen LogP contribution in [0.4, 0.5) is 4.79 Å². The quantitative estimate of drug-likeness (QED) is 0.513. The second-order valence-electron chi connectivity index (χ2n) is 5.71. The molecule has 2 heterocycles. The Morgan fingerprint density at radius 1 is 1.42 bits per heavy atom. The third kappa shape index (κ3) is 4.01. The maximum Gasteiger partial charge on any atom is 0.445 e. The number of nitrogens with one attached hydrogen (secondary N) is 1. The lowest BCUT2D eigenvalue weighted by Gasteiger charge is -2.27. The van der Waals surface area contributed by atoms with E-state index in [-0.39, 0.29) is 30.7 Å². The van der Waals surface area contributed by atoms with Gasteiger partial charge in [0, 0.05) is 4.91 Å². The Bertz CT molecular complexity index is 756. The Balaban J connectivity index is 2.10. The summed E-state index contributed by atoms with van der Waals surface area (Å²) in [4.78, 5) is 53.8. The zero-order valence-corrected chi connectivity index (χ0v) is 15.9. The summed E-state index contributed by atoms with van der Waals surface area (Å²) >= 11 is 1.19. The van der Waals surface area contributed by atoms with Gasteiger partial charge < -0.3 is 10.1 Å². The molecular formula is C16H21N4O5S+. The zero-order valence-electron chi connectivity index (χ0n) is 15.1. The molecule has 0 spiro atoms. The average Bonchev–Trinajstić information content (AvgIpc) is 2.61. The molecule has 0 aliphatic carbocycles. The van der Waals surface area contributed by atoms with Crippen LogP contribution < -0.4 is 5.32 Å². The summed E-state index contributed by atoms with van der Waals surface area (Å²) in [5.74, 6) is -1.58. The van der Waals surface area contributed by atoms with Gasteiger partial charge in [-0.2, -0.15) is 9.48 Å². The summed E-state index contributed by atoms with van der Waals surface area (Å²) in [6, 6.07) is -0.450. The topological polar surface area (TPSA) is 108 Å². The van der Waals surface area contributed by atoms with Gasteiger partial charge in [-0.05, 0) is 19.4 Å². The first-order valence-electron chi connectivity index (χ1n) is 8.00. The summed E-state index contributed by atoms with van der Waals surface area (Å²) in [5, 5.41) is 2.47. The normalized spacial score (nSPS) is 19.7. The molecule has 0 saturated heterocycles. The van der Waals surface area contributed by atoms with Crippen molar-refractivity contribution in [3.63, 3.8) is 0 Å². The number of amides is 4. The van der Waals surface area contributed by atoms with Crippen LogP contribution >= 0.6 is 11.8 Å². The highest BCUT2D eigenvalue weighted by Gasteiger charge is 2.47. The molecule has 0 fully saturated rings. The van der Waals surface area contributed by atoms with E-state index >= 15 is 0 Å². The van der Waals surface area contributed by atoms with Crippen molar-refractivity contribution in [1.82, 2.24) is 10.2 Å². The molecule has 1 atom stereocenters. The molecule has 4 amide bonds. The maximum atomic E-state index is 12.6. The van der Waals surface area contributed by atoms with Crippen molar-refractivity contribution in [2.75, 3.05) is 33.0 Å². The lowest BCUT2D eigenvalue weighted by molar-refractivity contribution is -0.407. The average molecular weight is 381 g/mol. The number of nitrogens with zero attached hydrogens (tertiary/aromatic N) is 3. The third-order valence-electron chi connectivity index (χ3n) is 3.89. The minimum absolute atomic E-state index is 0.0261. The summed E-state index contributed by atoms with van der Waals surface area (Å²) in [6.45, 7) is 3.52. The fourth-order valence-corrected chi connectivity index (χ4v) is 3.58. The summed E-state index contributed by atoms with van der Waals surface area (Å²) in [7, 11) is 2.97. The predicted molar refractivity (Wildman–Crippen MR) is 96.1 cm³/mol. The first-order valence-corrected chi connectivity index (χ1v) is 8.98. The Morgan fingerprint density at radius 3 is 2.77 bits per heavy atom. The van der Waals surface area contributed by atoms with E-state index in [1.54, 1.807) is 27.1 Å². The lowest BCUT2D eigenvalue weighted by Crippen LogP contribution is -2.52. The molecule has 0 saturated carbocycles. The van der Waals surface area contributed by atoms with Crippen molar-refractivity contribution in [2.45, 2.75) is 13.8 Å². The molecule has 2 rings (SSSR count). The van der Waals surface area contributed by atoms with E-state index in [2.05, 4.69) is 10.3 Å². The van der Waals surface area contributed by atoms with Crippen LogP contribution in [0, 0.1) is 5.92 Å². The Labute approximate surface area is 155 Å². The number of carbonyl (C=O) groups is 4. The van der Waals surface area contributed by atoms with E-state index in [1.165, 1.54) is 23.4 Å². The molecule has 0 aromatic rings. The number of allylic oxidation sites excluding steroid dienone is 1. The largest absolute Gasteiger partial charge is 0.465 e. The molecule has 26 heavy (non-hydrogen) atoms. The number of amidine groups is 1. The molecule has 1 unspecified atom stereocenters. The zero-order chi connectivity index (χ0) is 19.4. The van der Waals surface area contributed by atoms with Crippen LogP contribution in [-0.2, 0) is 19.1 Å². The molecule has 0 radical (unpaired) electrons. The number of thioether (sulfide) groups is 1. The van der Waals surface area contributed by atoms with Crippen LogP contribution in [0.5, 0.6) is 0 Å². The fourth-order valence-electron chi connectivity index (χ4n) is 2.53. The SMILES string of the molecule is CCOC(=O)CNC(=O)CSC1=C(C)C=NC2=[N+](C)C(=O)N(C)C(=O)C12. The summed E-state index contributed by atoms with van der Waals surface area (Å²) in [5.41, 5.74) is 0.756. The van der Waals surface area contributed by atoms with Crippen molar-refractivity contribution in [3.05, 3.63) is 10.5 Å². The molecule has 1 N–H and O–H groups in total. The predicted octanol–water partition coefficient (Wildman–Crippen LogP) is 0.00630. The van der Waals surface area contributed by atoms with E-state index in [4.69, 9.17) is 4.74 Å². The number of hydrogen-bond donors (Lipinski definition) is 1. The van der Waals surface area contributed by atoms with Crippen molar-refractivity contribution < 1.29 is 28.5 Å².